The van der Waals surface area contributed by atoms with Crippen molar-refractivity contribution < 1.29 is 4.79 Å². The van der Waals surface area contributed by atoms with Crippen molar-refractivity contribution >= 4 is 11.7 Å². The van der Waals surface area contributed by atoms with Crippen LogP contribution in [0.3, 0.4) is 0 Å². The number of rotatable bonds is 4. The zero-order valence-corrected chi connectivity index (χ0v) is 12.6. The van der Waals surface area contributed by atoms with Gasteiger partial charge in [0.1, 0.15) is 0 Å². The highest BCUT2D eigenvalue weighted by atomic mass is 16.2. The quantitative estimate of drug-likeness (QED) is 0.892. The highest BCUT2D eigenvalue weighted by Crippen LogP contribution is 2.19. The highest BCUT2D eigenvalue weighted by molar-refractivity contribution is 5.89. The Labute approximate surface area is 126 Å². The lowest BCUT2D eigenvalue weighted by Crippen LogP contribution is -2.35. The molecular weight excluding hydrogens is 262 g/mol. The van der Waals surface area contributed by atoms with Gasteiger partial charge >= 0.3 is 6.03 Å². The Morgan fingerprint density at radius 2 is 1.71 bits per heavy atom. The standard InChI is InChI=1S/C17H25N3O/c21-17(20-11-3-1-2-4-12-20)19-16-7-5-14(6-8-16)13-18-15-9-10-15/h5-8,15,18H,1-4,9-13H2,(H,19,21). The monoisotopic (exact) mass is 287 g/mol. The second-order valence-corrected chi connectivity index (χ2v) is 6.18. The van der Waals surface area contributed by atoms with Crippen molar-refractivity contribution in [2.24, 2.45) is 0 Å². The van der Waals surface area contributed by atoms with Crippen LogP contribution in [0.15, 0.2) is 24.3 Å². The number of hydrogen-bond acceptors (Lipinski definition) is 2. The molecule has 1 aliphatic carbocycles. The van der Waals surface area contributed by atoms with Gasteiger partial charge in [-0.25, -0.2) is 4.79 Å². The molecule has 0 unspecified atom stereocenters. The molecule has 0 radical (unpaired) electrons. The largest absolute Gasteiger partial charge is 0.325 e. The van der Waals surface area contributed by atoms with Crippen LogP contribution in [0, 0.1) is 0 Å². The molecule has 2 N–H and O–H groups in total. The summed E-state index contributed by atoms with van der Waals surface area (Å²) in [6, 6.07) is 8.95. The molecule has 1 aromatic rings. The van der Waals surface area contributed by atoms with E-state index in [-0.39, 0.29) is 6.03 Å². The fraction of sp³-hybridized carbons (Fsp3) is 0.588. The minimum absolute atomic E-state index is 0.0424. The summed E-state index contributed by atoms with van der Waals surface area (Å²) in [6.45, 7) is 2.69. The van der Waals surface area contributed by atoms with Crippen molar-refractivity contribution in [3.8, 4) is 0 Å². The van der Waals surface area contributed by atoms with Gasteiger partial charge in [0, 0.05) is 31.4 Å². The first-order valence-corrected chi connectivity index (χ1v) is 8.19. The first kappa shape index (κ1) is 14.4. The number of hydrogen-bond donors (Lipinski definition) is 2. The minimum Gasteiger partial charge on any atom is -0.325 e. The molecule has 4 heteroatoms. The number of carbonyl (C=O) groups is 1. The predicted molar refractivity (Wildman–Crippen MR) is 85.4 cm³/mol. The Kier molecular flexibility index (Phi) is 4.76. The van der Waals surface area contributed by atoms with Crippen molar-refractivity contribution in [2.75, 3.05) is 18.4 Å². The van der Waals surface area contributed by atoms with Crippen LogP contribution in [0.1, 0.15) is 44.1 Å². The summed E-state index contributed by atoms with van der Waals surface area (Å²) < 4.78 is 0. The van der Waals surface area contributed by atoms with Crippen LogP contribution >= 0.6 is 0 Å². The Hall–Kier alpha value is -1.55. The Morgan fingerprint density at radius 3 is 2.33 bits per heavy atom. The van der Waals surface area contributed by atoms with E-state index in [1.54, 1.807) is 0 Å². The van der Waals surface area contributed by atoms with Gasteiger partial charge in [0.15, 0.2) is 0 Å². The number of nitrogens with zero attached hydrogens (tertiary/aromatic N) is 1. The first-order valence-electron chi connectivity index (χ1n) is 8.19. The van der Waals surface area contributed by atoms with Crippen LogP contribution in [-0.2, 0) is 6.54 Å². The SMILES string of the molecule is O=C(Nc1ccc(CNC2CC2)cc1)N1CCCCCC1. The maximum absolute atomic E-state index is 12.2. The lowest BCUT2D eigenvalue weighted by atomic mass is 10.2. The molecule has 1 saturated heterocycles. The fourth-order valence-corrected chi connectivity index (χ4v) is 2.73. The van der Waals surface area contributed by atoms with Crippen LogP contribution in [0.2, 0.25) is 0 Å². The summed E-state index contributed by atoms with van der Waals surface area (Å²) in [4.78, 5) is 14.2. The van der Waals surface area contributed by atoms with Crippen molar-refractivity contribution in [3.05, 3.63) is 29.8 Å². The van der Waals surface area contributed by atoms with E-state index in [2.05, 4.69) is 22.8 Å². The predicted octanol–water partition coefficient (Wildman–Crippen LogP) is 3.35. The molecule has 2 amide bonds. The molecular formula is C17H25N3O. The van der Waals surface area contributed by atoms with Gasteiger partial charge in [-0.1, -0.05) is 25.0 Å². The van der Waals surface area contributed by atoms with Gasteiger partial charge in [-0.15, -0.1) is 0 Å². The Morgan fingerprint density at radius 1 is 1.05 bits per heavy atom. The van der Waals surface area contributed by atoms with Gasteiger partial charge in [-0.05, 0) is 43.4 Å². The van der Waals surface area contributed by atoms with Gasteiger partial charge in [0.05, 0.1) is 0 Å². The second kappa shape index (κ2) is 6.94. The zero-order valence-electron chi connectivity index (χ0n) is 12.6. The summed E-state index contributed by atoms with van der Waals surface area (Å²) in [7, 11) is 0. The molecule has 0 bridgehead atoms. The average molecular weight is 287 g/mol. The topological polar surface area (TPSA) is 44.4 Å². The number of benzene rings is 1. The van der Waals surface area contributed by atoms with Crippen molar-refractivity contribution in [1.29, 1.82) is 0 Å². The summed E-state index contributed by atoms with van der Waals surface area (Å²) in [5.41, 5.74) is 2.16. The number of urea groups is 1. The number of nitrogens with one attached hydrogen (secondary N) is 2. The molecule has 2 aliphatic rings. The molecule has 0 atom stereocenters. The maximum atomic E-state index is 12.2. The molecule has 1 heterocycles. The third-order valence-corrected chi connectivity index (χ3v) is 4.27. The minimum atomic E-state index is 0.0424. The molecule has 1 saturated carbocycles. The molecule has 3 rings (SSSR count). The Balaban J connectivity index is 1.50. The lowest BCUT2D eigenvalue weighted by molar-refractivity contribution is 0.214. The normalized spacial score (nSPS) is 19.1. The molecule has 4 nitrogen and oxygen atoms in total. The van der Waals surface area contributed by atoms with E-state index >= 15 is 0 Å². The third kappa shape index (κ3) is 4.46. The van der Waals surface area contributed by atoms with Gasteiger partial charge < -0.3 is 15.5 Å². The van der Waals surface area contributed by atoms with Crippen LogP contribution < -0.4 is 10.6 Å². The highest BCUT2D eigenvalue weighted by Gasteiger charge is 2.20. The molecule has 2 fully saturated rings. The van der Waals surface area contributed by atoms with Gasteiger partial charge in [0.25, 0.3) is 0 Å². The summed E-state index contributed by atoms with van der Waals surface area (Å²) in [5, 5.41) is 6.51. The summed E-state index contributed by atoms with van der Waals surface area (Å²) >= 11 is 0. The van der Waals surface area contributed by atoms with E-state index < -0.39 is 0 Å². The molecule has 21 heavy (non-hydrogen) atoms. The second-order valence-electron chi connectivity index (χ2n) is 6.18. The molecule has 1 aromatic carbocycles. The van der Waals surface area contributed by atoms with Crippen molar-refractivity contribution in [2.45, 2.75) is 51.1 Å². The molecule has 114 valence electrons. The van der Waals surface area contributed by atoms with Gasteiger partial charge in [0.2, 0.25) is 0 Å². The summed E-state index contributed by atoms with van der Waals surface area (Å²) in [5.74, 6) is 0. The Bertz CT molecular complexity index is 459. The van der Waals surface area contributed by atoms with Crippen LogP contribution in [0.5, 0.6) is 0 Å². The van der Waals surface area contributed by atoms with Crippen LogP contribution in [-0.4, -0.2) is 30.1 Å². The molecule has 1 aliphatic heterocycles. The van der Waals surface area contributed by atoms with E-state index in [1.807, 2.05) is 17.0 Å². The molecule has 0 spiro atoms. The van der Waals surface area contributed by atoms with Crippen LogP contribution in [0.25, 0.3) is 0 Å². The number of anilines is 1. The molecule has 0 aromatic heterocycles. The van der Waals surface area contributed by atoms with E-state index in [0.717, 1.165) is 44.2 Å². The van der Waals surface area contributed by atoms with Crippen molar-refractivity contribution in [1.82, 2.24) is 10.2 Å². The first-order chi connectivity index (χ1) is 10.3. The summed E-state index contributed by atoms with van der Waals surface area (Å²) in [6.07, 6.45) is 7.35. The third-order valence-electron chi connectivity index (χ3n) is 4.27. The zero-order chi connectivity index (χ0) is 14.5. The van der Waals surface area contributed by atoms with E-state index in [9.17, 15) is 4.79 Å². The smallest absolute Gasteiger partial charge is 0.321 e. The van der Waals surface area contributed by atoms with Crippen LogP contribution in [0.4, 0.5) is 10.5 Å². The number of amides is 2. The van der Waals surface area contributed by atoms with E-state index in [4.69, 9.17) is 0 Å². The number of likely N-dealkylation sites (tertiary alicyclic amines) is 1. The number of carbonyl (C=O) groups excluding carboxylic acids is 1. The van der Waals surface area contributed by atoms with E-state index in [0.29, 0.717) is 0 Å². The average Bonchev–Trinajstić information content (AvgIpc) is 3.33. The van der Waals surface area contributed by atoms with E-state index in [1.165, 1.54) is 31.2 Å². The fourth-order valence-electron chi connectivity index (χ4n) is 2.73. The maximum Gasteiger partial charge on any atom is 0.321 e. The van der Waals surface area contributed by atoms with Gasteiger partial charge in [-0.2, -0.15) is 0 Å². The van der Waals surface area contributed by atoms with Gasteiger partial charge in [-0.3, -0.25) is 0 Å². The lowest BCUT2D eigenvalue weighted by Gasteiger charge is -2.20. The van der Waals surface area contributed by atoms with Crippen molar-refractivity contribution in [3.63, 3.8) is 0 Å².